The van der Waals surface area contributed by atoms with Crippen LogP contribution in [-0.2, 0) is 17.8 Å². The number of rotatable bonds is 7. The zero-order valence-corrected chi connectivity index (χ0v) is 15.5. The molecular weight excluding hydrogens is 364 g/mol. The van der Waals surface area contributed by atoms with Crippen LogP contribution in [0.3, 0.4) is 0 Å². The summed E-state index contributed by atoms with van der Waals surface area (Å²) in [6.07, 6.45) is 9.00. The van der Waals surface area contributed by atoms with Crippen molar-refractivity contribution in [2.75, 3.05) is 5.73 Å². The lowest BCUT2D eigenvalue weighted by atomic mass is 9.86. The van der Waals surface area contributed by atoms with Gasteiger partial charge in [-0.15, -0.1) is 10.2 Å². The quantitative estimate of drug-likeness (QED) is 0.642. The maximum atomic E-state index is 11.7. The molecule has 9 heteroatoms. The number of nitrogens with zero attached hydrogens (tertiary/aromatic N) is 5. The summed E-state index contributed by atoms with van der Waals surface area (Å²) in [5.74, 6) is -0.676. The minimum absolute atomic E-state index is 0.310. The number of imidazole rings is 1. The fraction of sp³-hybridized carbons (Fsp3) is 0.389. The van der Waals surface area contributed by atoms with E-state index in [0.717, 1.165) is 15.6 Å². The van der Waals surface area contributed by atoms with Crippen molar-refractivity contribution < 1.29 is 9.90 Å². The van der Waals surface area contributed by atoms with Gasteiger partial charge in [0.25, 0.3) is 0 Å². The SMILES string of the molecule is Nc1ccc(CC(C(=O)O)c2cn(Cc3nnc(C4CCC4)s3)cn2)cn1. The first-order valence-corrected chi connectivity index (χ1v) is 9.67. The van der Waals surface area contributed by atoms with Crippen LogP contribution >= 0.6 is 11.3 Å². The van der Waals surface area contributed by atoms with Gasteiger partial charge in [-0.2, -0.15) is 0 Å². The third-order valence-electron chi connectivity index (χ3n) is 4.85. The molecule has 1 unspecified atom stereocenters. The van der Waals surface area contributed by atoms with Crippen LogP contribution in [0.2, 0.25) is 0 Å². The van der Waals surface area contributed by atoms with E-state index in [0.29, 0.717) is 30.4 Å². The second-order valence-corrected chi connectivity index (χ2v) is 7.91. The highest BCUT2D eigenvalue weighted by molar-refractivity contribution is 7.11. The van der Waals surface area contributed by atoms with Crippen molar-refractivity contribution in [3.63, 3.8) is 0 Å². The van der Waals surface area contributed by atoms with E-state index in [9.17, 15) is 9.90 Å². The first-order valence-electron chi connectivity index (χ1n) is 8.85. The zero-order valence-electron chi connectivity index (χ0n) is 14.7. The lowest BCUT2D eigenvalue weighted by molar-refractivity contribution is -0.138. The molecule has 8 nitrogen and oxygen atoms in total. The average molecular weight is 384 g/mol. The molecule has 3 aromatic rings. The summed E-state index contributed by atoms with van der Waals surface area (Å²) in [5.41, 5.74) is 6.91. The molecule has 1 aliphatic carbocycles. The Bertz CT molecular complexity index is 931. The maximum absolute atomic E-state index is 11.7. The Hall–Kier alpha value is -2.81. The molecule has 0 aliphatic heterocycles. The molecule has 27 heavy (non-hydrogen) atoms. The molecule has 0 amide bonds. The van der Waals surface area contributed by atoms with Gasteiger partial charge < -0.3 is 15.4 Å². The number of hydrogen-bond donors (Lipinski definition) is 2. The summed E-state index contributed by atoms with van der Waals surface area (Å²) in [5, 5.41) is 20.2. The Labute approximate surface area is 160 Å². The number of carboxylic acid groups (broad SMARTS) is 1. The number of pyridine rings is 1. The van der Waals surface area contributed by atoms with Gasteiger partial charge in [0.15, 0.2) is 0 Å². The van der Waals surface area contributed by atoms with Gasteiger partial charge in [-0.25, -0.2) is 9.97 Å². The Balaban J connectivity index is 1.46. The van der Waals surface area contributed by atoms with Gasteiger partial charge in [-0.3, -0.25) is 4.79 Å². The molecule has 1 saturated carbocycles. The molecule has 1 fully saturated rings. The first-order chi connectivity index (χ1) is 13.1. The smallest absolute Gasteiger partial charge is 0.312 e. The minimum atomic E-state index is -0.916. The number of carbonyl (C=O) groups is 1. The fourth-order valence-corrected chi connectivity index (χ4v) is 4.08. The van der Waals surface area contributed by atoms with E-state index in [1.807, 2.05) is 4.57 Å². The van der Waals surface area contributed by atoms with Crippen LogP contribution in [0, 0.1) is 0 Å². The molecule has 3 N–H and O–H groups in total. The van der Waals surface area contributed by atoms with Crippen molar-refractivity contribution in [3.05, 3.63) is 52.1 Å². The van der Waals surface area contributed by atoms with Gasteiger partial charge >= 0.3 is 5.97 Å². The molecule has 1 atom stereocenters. The lowest BCUT2D eigenvalue weighted by Gasteiger charge is -2.21. The van der Waals surface area contributed by atoms with Crippen molar-refractivity contribution in [3.8, 4) is 0 Å². The molecule has 4 rings (SSSR count). The van der Waals surface area contributed by atoms with E-state index < -0.39 is 11.9 Å². The van der Waals surface area contributed by atoms with Crippen LogP contribution in [0.4, 0.5) is 5.82 Å². The highest BCUT2D eigenvalue weighted by atomic mass is 32.1. The van der Waals surface area contributed by atoms with Crippen molar-refractivity contribution in [2.45, 2.75) is 44.1 Å². The largest absolute Gasteiger partial charge is 0.481 e. The Kier molecular flexibility index (Phi) is 4.85. The van der Waals surface area contributed by atoms with E-state index in [1.54, 1.807) is 42.2 Å². The Morgan fingerprint density at radius 1 is 1.33 bits per heavy atom. The maximum Gasteiger partial charge on any atom is 0.312 e. The average Bonchev–Trinajstić information content (AvgIpc) is 3.23. The molecule has 1 aliphatic rings. The molecule has 3 aromatic heterocycles. The fourth-order valence-electron chi connectivity index (χ4n) is 3.06. The Morgan fingerprint density at radius 3 is 2.85 bits per heavy atom. The summed E-state index contributed by atoms with van der Waals surface area (Å²) in [7, 11) is 0. The van der Waals surface area contributed by atoms with E-state index in [-0.39, 0.29) is 0 Å². The highest BCUT2D eigenvalue weighted by Gasteiger charge is 2.25. The molecule has 0 aromatic carbocycles. The zero-order chi connectivity index (χ0) is 18.8. The third kappa shape index (κ3) is 3.97. The molecule has 0 radical (unpaired) electrons. The monoisotopic (exact) mass is 384 g/mol. The standard InChI is InChI=1S/C18H20N6O2S/c19-15-5-4-11(7-20-15)6-13(18(25)26)14-8-24(10-21-14)9-16-22-23-17(27-16)12-2-1-3-12/h4-5,7-8,10,12-13H,1-3,6,9H2,(H2,19,20)(H,25,26). The number of nitrogens with two attached hydrogens (primary N) is 1. The van der Waals surface area contributed by atoms with Crippen LogP contribution in [0.1, 0.15) is 52.4 Å². The van der Waals surface area contributed by atoms with Gasteiger partial charge in [0, 0.05) is 18.3 Å². The van der Waals surface area contributed by atoms with Crippen molar-refractivity contribution in [1.29, 1.82) is 0 Å². The second kappa shape index (κ2) is 7.43. The predicted octanol–water partition coefficient (Wildman–Crippen LogP) is 2.44. The molecular formula is C18H20N6O2S. The lowest BCUT2D eigenvalue weighted by Crippen LogP contribution is -2.15. The van der Waals surface area contributed by atoms with Crippen LogP contribution in [0.25, 0.3) is 0 Å². The number of carboxylic acids is 1. The van der Waals surface area contributed by atoms with Gasteiger partial charge in [-0.1, -0.05) is 23.8 Å². The molecule has 0 saturated heterocycles. The summed E-state index contributed by atoms with van der Waals surface area (Å²) in [6, 6.07) is 3.46. The van der Waals surface area contributed by atoms with E-state index in [4.69, 9.17) is 5.73 Å². The van der Waals surface area contributed by atoms with Gasteiger partial charge in [-0.05, 0) is 30.9 Å². The molecule has 140 valence electrons. The molecule has 3 heterocycles. The Morgan fingerprint density at radius 2 is 2.19 bits per heavy atom. The van der Waals surface area contributed by atoms with Gasteiger partial charge in [0.1, 0.15) is 21.8 Å². The molecule has 0 bridgehead atoms. The summed E-state index contributed by atoms with van der Waals surface area (Å²) < 4.78 is 1.86. The van der Waals surface area contributed by atoms with Crippen LogP contribution in [0.5, 0.6) is 0 Å². The van der Waals surface area contributed by atoms with E-state index in [1.165, 1.54) is 19.3 Å². The van der Waals surface area contributed by atoms with Gasteiger partial charge in [0.05, 0.1) is 18.6 Å². The summed E-state index contributed by atoms with van der Waals surface area (Å²) >= 11 is 1.63. The van der Waals surface area contributed by atoms with E-state index in [2.05, 4.69) is 20.2 Å². The number of aliphatic carboxylic acids is 1. The second-order valence-electron chi connectivity index (χ2n) is 6.82. The number of nitrogen functional groups attached to an aromatic ring is 1. The number of anilines is 1. The first kappa shape index (κ1) is 17.6. The summed E-state index contributed by atoms with van der Waals surface area (Å²) in [6.45, 7) is 0.549. The van der Waals surface area contributed by atoms with Crippen LogP contribution < -0.4 is 5.73 Å². The predicted molar refractivity (Wildman–Crippen MR) is 101 cm³/mol. The summed E-state index contributed by atoms with van der Waals surface area (Å²) in [4.78, 5) is 20.1. The minimum Gasteiger partial charge on any atom is -0.481 e. The highest BCUT2D eigenvalue weighted by Crippen LogP contribution is 2.37. The topological polar surface area (TPSA) is 120 Å². The molecule has 0 spiro atoms. The third-order valence-corrected chi connectivity index (χ3v) is 5.92. The normalized spacial score (nSPS) is 15.4. The van der Waals surface area contributed by atoms with E-state index >= 15 is 0 Å². The van der Waals surface area contributed by atoms with Crippen molar-refractivity contribution in [2.24, 2.45) is 0 Å². The van der Waals surface area contributed by atoms with Crippen LogP contribution in [-0.4, -0.2) is 35.8 Å². The van der Waals surface area contributed by atoms with Crippen LogP contribution in [0.15, 0.2) is 30.9 Å². The number of aromatic nitrogens is 5. The van der Waals surface area contributed by atoms with Crippen molar-refractivity contribution in [1.82, 2.24) is 24.7 Å². The van der Waals surface area contributed by atoms with Crippen molar-refractivity contribution >= 4 is 23.1 Å². The number of hydrogen-bond acceptors (Lipinski definition) is 7. The van der Waals surface area contributed by atoms with Gasteiger partial charge in [0.2, 0.25) is 0 Å².